The van der Waals surface area contributed by atoms with Gasteiger partial charge in [0.15, 0.2) is 0 Å². The van der Waals surface area contributed by atoms with Gasteiger partial charge in [0.1, 0.15) is 9.98 Å². The molecule has 2 N–H and O–H groups in total. The summed E-state index contributed by atoms with van der Waals surface area (Å²) in [5.41, 5.74) is 0. The summed E-state index contributed by atoms with van der Waals surface area (Å²) in [5.74, 6) is 0. The van der Waals surface area contributed by atoms with Crippen LogP contribution in [0.3, 0.4) is 0 Å². The Morgan fingerprint density at radius 3 is 1.23 bits per heavy atom. The summed E-state index contributed by atoms with van der Waals surface area (Å²) in [6, 6.07) is 0. The van der Waals surface area contributed by atoms with E-state index in [4.69, 9.17) is 24.4 Å². The van der Waals surface area contributed by atoms with E-state index in [2.05, 4.69) is 24.5 Å². The van der Waals surface area contributed by atoms with Gasteiger partial charge < -0.3 is 10.6 Å². The zero-order valence-corrected chi connectivity index (χ0v) is 16.3. The van der Waals surface area contributed by atoms with Gasteiger partial charge in [0.05, 0.1) is 0 Å². The minimum absolute atomic E-state index is 0.717. The summed E-state index contributed by atoms with van der Waals surface area (Å²) in [6.07, 6.45) is 15.7. The van der Waals surface area contributed by atoms with Crippen LogP contribution < -0.4 is 10.6 Å². The normalized spacial score (nSPS) is 10.5. The maximum atomic E-state index is 5.32. The van der Waals surface area contributed by atoms with Gasteiger partial charge in [-0.05, 0) is 12.8 Å². The molecule has 0 bridgehead atoms. The van der Waals surface area contributed by atoms with E-state index in [0.717, 1.165) is 23.1 Å². The van der Waals surface area contributed by atoms with Crippen LogP contribution >= 0.6 is 24.4 Å². The molecular formula is C18H36N2S2. The number of thiocarbonyl (C=S) groups is 2. The van der Waals surface area contributed by atoms with Crippen molar-refractivity contribution in [1.82, 2.24) is 10.6 Å². The summed E-state index contributed by atoms with van der Waals surface area (Å²) >= 11 is 10.6. The number of rotatable bonds is 14. The zero-order chi connectivity index (χ0) is 16.5. The smallest absolute Gasteiger partial charge is 0.134 e. The number of unbranched alkanes of at least 4 members (excludes halogenated alkanes) is 10. The SMILES string of the molecule is CCCCCCCCNC(=S)C(=S)NCCCCCCCC. The third-order valence-corrected chi connectivity index (χ3v) is 4.66. The Balaban J connectivity index is 3.38. The quantitative estimate of drug-likeness (QED) is 0.319. The molecule has 0 aromatic rings. The lowest BCUT2D eigenvalue weighted by Crippen LogP contribution is -2.38. The van der Waals surface area contributed by atoms with Gasteiger partial charge in [0, 0.05) is 13.1 Å². The molecule has 0 aliphatic rings. The van der Waals surface area contributed by atoms with E-state index >= 15 is 0 Å². The highest BCUT2D eigenvalue weighted by Gasteiger charge is 2.02. The lowest BCUT2D eigenvalue weighted by atomic mass is 10.1. The van der Waals surface area contributed by atoms with Gasteiger partial charge in [-0.2, -0.15) is 0 Å². The Kier molecular flexibility index (Phi) is 17.0. The molecule has 0 spiro atoms. The van der Waals surface area contributed by atoms with E-state index < -0.39 is 0 Å². The van der Waals surface area contributed by atoms with E-state index in [9.17, 15) is 0 Å². The van der Waals surface area contributed by atoms with Crippen molar-refractivity contribution in [2.24, 2.45) is 0 Å². The second-order valence-corrected chi connectivity index (χ2v) is 6.86. The molecule has 0 aromatic carbocycles. The minimum Gasteiger partial charge on any atom is -0.374 e. The molecule has 0 amide bonds. The van der Waals surface area contributed by atoms with Gasteiger partial charge in [-0.25, -0.2) is 0 Å². The number of nitrogens with one attached hydrogen (secondary N) is 2. The first-order valence-electron chi connectivity index (χ1n) is 9.28. The fourth-order valence-electron chi connectivity index (χ4n) is 2.38. The van der Waals surface area contributed by atoms with Crippen molar-refractivity contribution in [3.05, 3.63) is 0 Å². The molecule has 0 heterocycles. The summed E-state index contributed by atoms with van der Waals surface area (Å²) < 4.78 is 0. The molecule has 0 atom stereocenters. The second kappa shape index (κ2) is 17.1. The molecule has 0 fully saturated rings. The standard InChI is InChI=1S/C18H36N2S2/c1-3-5-7-9-11-13-15-19-17(21)18(22)20-16-14-12-10-8-6-4-2/h3-16H2,1-2H3,(H,19,21)(H,20,22). The van der Waals surface area contributed by atoms with Crippen molar-refractivity contribution < 1.29 is 0 Å². The maximum Gasteiger partial charge on any atom is 0.134 e. The molecule has 2 nitrogen and oxygen atoms in total. The summed E-state index contributed by atoms with van der Waals surface area (Å²) in [4.78, 5) is 1.43. The predicted molar refractivity (Wildman–Crippen MR) is 108 cm³/mol. The van der Waals surface area contributed by atoms with Gasteiger partial charge in [0.25, 0.3) is 0 Å². The maximum absolute atomic E-state index is 5.32. The molecular weight excluding hydrogens is 308 g/mol. The van der Waals surface area contributed by atoms with Crippen LogP contribution in [0, 0.1) is 0 Å². The fourth-order valence-corrected chi connectivity index (χ4v) is 2.72. The van der Waals surface area contributed by atoms with Crippen molar-refractivity contribution >= 4 is 34.4 Å². The fraction of sp³-hybridized carbons (Fsp3) is 0.889. The molecule has 0 aliphatic carbocycles. The van der Waals surface area contributed by atoms with Crippen molar-refractivity contribution in [2.45, 2.75) is 90.9 Å². The summed E-state index contributed by atoms with van der Waals surface area (Å²) in [6.45, 7) is 6.39. The Morgan fingerprint density at radius 1 is 0.545 bits per heavy atom. The highest BCUT2D eigenvalue weighted by molar-refractivity contribution is 7.89. The summed E-state index contributed by atoms with van der Waals surface area (Å²) in [7, 11) is 0. The average molecular weight is 345 g/mol. The molecule has 0 radical (unpaired) electrons. The molecule has 0 rings (SSSR count). The van der Waals surface area contributed by atoms with Crippen LogP contribution in [0.15, 0.2) is 0 Å². The number of hydrogen-bond donors (Lipinski definition) is 2. The van der Waals surface area contributed by atoms with Crippen LogP contribution in [-0.2, 0) is 0 Å². The van der Waals surface area contributed by atoms with Crippen LogP contribution in [0.5, 0.6) is 0 Å². The van der Waals surface area contributed by atoms with Gasteiger partial charge >= 0.3 is 0 Å². The van der Waals surface area contributed by atoms with Gasteiger partial charge in [0.2, 0.25) is 0 Å². The predicted octanol–water partition coefficient (Wildman–Crippen LogP) is 5.54. The van der Waals surface area contributed by atoms with Crippen LogP contribution in [-0.4, -0.2) is 23.1 Å². The first kappa shape index (κ1) is 21.8. The Hall–Kier alpha value is -0.220. The first-order valence-corrected chi connectivity index (χ1v) is 10.1. The Morgan fingerprint density at radius 2 is 0.864 bits per heavy atom. The lowest BCUT2D eigenvalue weighted by molar-refractivity contribution is 0.601. The first-order chi connectivity index (χ1) is 10.7. The van der Waals surface area contributed by atoms with Crippen molar-refractivity contribution in [3.63, 3.8) is 0 Å². The Bertz CT molecular complexity index is 252. The van der Waals surface area contributed by atoms with E-state index in [1.165, 1.54) is 77.0 Å². The molecule has 0 aromatic heterocycles. The van der Waals surface area contributed by atoms with E-state index in [-0.39, 0.29) is 0 Å². The topological polar surface area (TPSA) is 24.1 Å². The lowest BCUT2D eigenvalue weighted by Gasteiger charge is -2.11. The molecule has 0 unspecified atom stereocenters. The van der Waals surface area contributed by atoms with Crippen molar-refractivity contribution in [2.75, 3.05) is 13.1 Å². The van der Waals surface area contributed by atoms with Gasteiger partial charge in [-0.3, -0.25) is 0 Å². The molecule has 0 aliphatic heterocycles. The van der Waals surface area contributed by atoms with Crippen molar-refractivity contribution in [1.29, 1.82) is 0 Å². The van der Waals surface area contributed by atoms with E-state index in [1.54, 1.807) is 0 Å². The number of hydrogen-bond acceptors (Lipinski definition) is 2. The molecule has 130 valence electrons. The molecule has 0 saturated carbocycles. The molecule has 22 heavy (non-hydrogen) atoms. The molecule has 0 saturated heterocycles. The van der Waals surface area contributed by atoms with E-state index in [0.29, 0.717) is 0 Å². The second-order valence-electron chi connectivity index (χ2n) is 6.05. The largest absolute Gasteiger partial charge is 0.374 e. The van der Waals surface area contributed by atoms with Crippen LogP contribution in [0.4, 0.5) is 0 Å². The minimum atomic E-state index is 0.717. The van der Waals surface area contributed by atoms with Crippen LogP contribution in [0.1, 0.15) is 90.9 Å². The Labute approximate surface area is 149 Å². The van der Waals surface area contributed by atoms with E-state index in [1.807, 2.05) is 0 Å². The van der Waals surface area contributed by atoms with Gasteiger partial charge in [-0.1, -0.05) is 102 Å². The van der Waals surface area contributed by atoms with Crippen LogP contribution in [0.25, 0.3) is 0 Å². The highest BCUT2D eigenvalue weighted by atomic mass is 32.1. The summed E-state index contributed by atoms with van der Waals surface area (Å²) in [5, 5.41) is 6.54. The highest BCUT2D eigenvalue weighted by Crippen LogP contribution is 2.05. The third-order valence-electron chi connectivity index (χ3n) is 3.84. The van der Waals surface area contributed by atoms with Gasteiger partial charge in [-0.15, -0.1) is 0 Å². The third kappa shape index (κ3) is 14.7. The monoisotopic (exact) mass is 344 g/mol. The van der Waals surface area contributed by atoms with Crippen molar-refractivity contribution in [3.8, 4) is 0 Å². The average Bonchev–Trinajstić information content (AvgIpc) is 2.52. The zero-order valence-electron chi connectivity index (χ0n) is 14.7. The van der Waals surface area contributed by atoms with Crippen LogP contribution in [0.2, 0.25) is 0 Å². The molecule has 4 heteroatoms.